The van der Waals surface area contributed by atoms with Crippen molar-refractivity contribution in [3.05, 3.63) is 82.9 Å². The van der Waals surface area contributed by atoms with Crippen LogP contribution in [-0.4, -0.2) is 22.7 Å². The lowest BCUT2D eigenvalue weighted by Crippen LogP contribution is -2.32. The summed E-state index contributed by atoms with van der Waals surface area (Å²) in [5.41, 5.74) is 3.46. The molecule has 1 amide bonds. The van der Waals surface area contributed by atoms with Crippen molar-refractivity contribution in [1.29, 1.82) is 0 Å². The van der Waals surface area contributed by atoms with E-state index in [-0.39, 0.29) is 11.9 Å². The van der Waals surface area contributed by atoms with Crippen LogP contribution in [0.5, 0.6) is 5.75 Å². The highest BCUT2D eigenvalue weighted by Crippen LogP contribution is 2.40. The number of nitrogens with zero attached hydrogens (tertiary/aromatic N) is 2. The second kappa shape index (κ2) is 8.37. The minimum atomic E-state index is -0.692. The van der Waals surface area contributed by atoms with Crippen LogP contribution in [0.3, 0.4) is 0 Å². The van der Waals surface area contributed by atoms with Crippen molar-refractivity contribution in [2.75, 3.05) is 6.61 Å². The van der Waals surface area contributed by atoms with Crippen LogP contribution in [0.2, 0.25) is 0 Å². The molecule has 1 atom stereocenters. The van der Waals surface area contributed by atoms with Gasteiger partial charge in [-0.2, -0.15) is 5.10 Å². The smallest absolute Gasteiger partial charge is 0.262 e. The van der Waals surface area contributed by atoms with Crippen LogP contribution in [-0.2, 0) is 0 Å². The Morgan fingerprint density at radius 3 is 2.73 bits per heavy atom. The zero-order valence-corrected chi connectivity index (χ0v) is 18.5. The fourth-order valence-electron chi connectivity index (χ4n) is 4.09. The molecule has 1 aliphatic heterocycles. The van der Waals surface area contributed by atoms with Gasteiger partial charge < -0.3 is 10.1 Å². The number of carbonyl (C=O) groups is 1. The first kappa shape index (κ1) is 21.2. The maximum Gasteiger partial charge on any atom is 0.262 e. The normalized spacial score (nSPS) is 15.1. The van der Waals surface area contributed by atoms with Gasteiger partial charge in [-0.1, -0.05) is 24.8 Å². The molecule has 0 unspecified atom stereocenters. The molecule has 0 bridgehead atoms. The molecule has 0 fully saturated rings. The van der Waals surface area contributed by atoms with Crippen molar-refractivity contribution in [2.24, 2.45) is 0 Å². The van der Waals surface area contributed by atoms with Gasteiger partial charge in [0, 0.05) is 29.2 Å². The fourth-order valence-corrected chi connectivity index (χ4v) is 5.34. The van der Waals surface area contributed by atoms with Gasteiger partial charge in [0.15, 0.2) is 0 Å². The van der Waals surface area contributed by atoms with Gasteiger partial charge in [0.2, 0.25) is 0 Å². The van der Waals surface area contributed by atoms with Gasteiger partial charge in [0.1, 0.15) is 27.8 Å². The van der Waals surface area contributed by atoms with Crippen molar-refractivity contribution in [3.63, 3.8) is 0 Å². The summed E-state index contributed by atoms with van der Waals surface area (Å²) in [6.07, 6.45) is 2.09. The van der Waals surface area contributed by atoms with Gasteiger partial charge in [-0.15, -0.1) is 16.4 Å². The molecule has 4 aromatic rings. The van der Waals surface area contributed by atoms with Crippen LogP contribution in [0.15, 0.2) is 55.2 Å². The van der Waals surface area contributed by atoms with Crippen LogP contribution in [0.1, 0.15) is 40.2 Å². The molecule has 5 nitrogen and oxygen atoms in total. The molecular formula is C25H19F2N3O2S. The molecule has 2 aromatic carbocycles. The van der Waals surface area contributed by atoms with E-state index in [0.717, 1.165) is 17.4 Å². The number of halogens is 2. The number of ether oxygens (including phenoxy) is 1. The zero-order valence-electron chi connectivity index (χ0n) is 17.7. The van der Waals surface area contributed by atoms with Gasteiger partial charge in [-0.25, -0.2) is 8.78 Å². The number of thiophene rings is 1. The molecular weight excluding hydrogens is 444 g/mol. The zero-order chi connectivity index (χ0) is 23.1. The number of rotatable bonds is 4. The van der Waals surface area contributed by atoms with Gasteiger partial charge in [-0.3, -0.25) is 4.79 Å². The van der Waals surface area contributed by atoms with Crippen molar-refractivity contribution in [2.45, 2.75) is 19.4 Å². The van der Waals surface area contributed by atoms with E-state index in [9.17, 15) is 13.6 Å². The topological polar surface area (TPSA) is 64.1 Å². The summed E-state index contributed by atoms with van der Waals surface area (Å²) in [6.45, 7) is 6.32. The second-order valence-corrected chi connectivity index (χ2v) is 8.90. The van der Waals surface area contributed by atoms with Gasteiger partial charge >= 0.3 is 0 Å². The maximum absolute atomic E-state index is 13.9. The average molecular weight is 464 g/mol. The quantitative estimate of drug-likeness (QED) is 0.408. The molecule has 0 saturated heterocycles. The third-order valence-corrected chi connectivity index (χ3v) is 6.75. The van der Waals surface area contributed by atoms with E-state index in [0.29, 0.717) is 50.4 Å². The number of benzene rings is 2. The highest BCUT2D eigenvalue weighted by Gasteiger charge is 2.27. The van der Waals surface area contributed by atoms with Crippen molar-refractivity contribution in [3.8, 4) is 16.9 Å². The van der Waals surface area contributed by atoms with E-state index in [4.69, 9.17) is 4.74 Å². The summed E-state index contributed by atoms with van der Waals surface area (Å²) in [7, 11) is 0. The molecule has 3 heterocycles. The number of fused-ring (bicyclic) bond motifs is 2. The van der Waals surface area contributed by atoms with Crippen LogP contribution < -0.4 is 10.1 Å². The first-order valence-electron chi connectivity index (χ1n) is 10.4. The summed E-state index contributed by atoms with van der Waals surface area (Å²) in [4.78, 5) is 13.9. The number of para-hydroxylation sites is 1. The van der Waals surface area contributed by atoms with E-state index in [2.05, 4.69) is 22.1 Å². The summed E-state index contributed by atoms with van der Waals surface area (Å²) in [5, 5.41) is 11.4. The van der Waals surface area contributed by atoms with Crippen molar-refractivity contribution < 1.29 is 18.3 Å². The molecule has 1 aliphatic rings. The van der Waals surface area contributed by atoms with Crippen molar-refractivity contribution >= 4 is 33.0 Å². The Balaban J connectivity index is 1.59. The SMILES string of the molecule is C=C(C)c1c(C(=O)N[C@H]2CCOc3ccccc32)sc2c(-c3cc(F)cc(F)c3)cnnc12. The molecule has 0 radical (unpaired) electrons. The van der Waals surface area contributed by atoms with Gasteiger partial charge in [0.25, 0.3) is 5.91 Å². The molecule has 5 rings (SSSR count). The van der Waals surface area contributed by atoms with E-state index in [1.807, 2.05) is 24.3 Å². The summed E-state index contributed by atoms with van der Waals surface area (Å²) in [6, 6.07) is 10.7. The lowest BCUT2D eigenvalue weighted by atomic mass is 10.00. The fraction of sp³-hybridized carbons (Fsp3) is 0.160. The van der Waals surface area contributed by atoms with E-state index in [1.54, 1.807) is 6.92 Å². The molecule has 0 spiro atoms. The summed E-state index contributed by atoms with van der Waals surface area (Å²) < 4.78 is 34.1. The van der Waals surface area contributed by atoms with Crippen molar-refractivity contribution in [1.82, 2.24) is 15.5 Å². The summed E-state index contributed by atoms with van der Waals surface area (Å²) >= 11 is 1.21. The predicted octanol–water partition coefficient (Wildman–Crippen LogP) is 5.92. The number of amides is 1. The molecule has 166 valence electrons. The Kier molecular flexibility index (Phi) is 5.38. The van der Waals surface area contributed by atoms with Crippen LogP contribution in [0.4, 0.5) is 8.78 Å². The largest absolute Gasteiger partial charge is 0.493 e. The van der Waals surface area contributed by atoms with Crippen LogP contribution >= 0.6 is 11.3 Å². The molecule has 33 heavy (non-hydrogen) atoms. The second-order valence-electron chi connectivity index (χ2n) is 7.88. The van der Waals surface area contributed by atoms with E-state index >= 15 is 0 Å². The third-order valence-electron chi connectivity index (χ3n) is 5.54. The summed E-state index contributed by atoms with van der Waals surface area (Å²) in [5.74, 6) is -0.897. The number of carbonyl (C=O) groups excluding carboxylic acids is 1. The Bertz CT molecular complexity index is 1400. The first-order valence-corrected chi connectivity index (χ1v) is 11.2. The number of hydrogen-bond donors (Lipinski definition) is 1. The highest BCUT2D eigenvalue weighted by molar-refractivity contribution is 7.21. The lowest BCUT2D eigenvalue weighted by molar-refractivity contribution is 0.0928. The lowest BCUT2D eigenvalue weighted by Gasteiger charge is -2.26. The van der Waals surface area contributed by atoms with Gasteiger partial charge in [-0.05, 0) is 36.3 Å². The van der Waals surface area contributed by atoms with E-state index < -0.39 is 11.6 Å². The Hall–Kier alpha value is -3.65. The molecule has 8 heteroatoms. The minimum Gasteiger partial charge on any atom is -0.493 e. The Labute approximate surface area is 192 Å². The van der Waals surface area contributed by atoms with Gasteiger partial charge in [0.05, 0.1) is 23.5 Å². The minimum absolute atomic E-state index is 0.200. The first-order chi connectivity index (χ1) is 15.9. The van der Waals surface area contributed by atoms with Crippen LogP contribution in [0.25, 0.3) is 26.9 Å². The highest BCUT2D eigenvalue weighted by atomic mass is 32.1. The third kappa shape index (κ3) is 3.87. The predicted molar refractivity (Wildman–Crippen MR) is 124 cm³/mol. The Morgan fingerprint density at radius 1 is 1.21 bits per heavy atom. The molecule has 2 aromatic heterocycles. The number of nitrogens with one attached hydrogen (secondary N) is 1. The maximum atomic E-state index is 13.9. The molecule has 0 saturated carbocycles. The average Bonchev–Trinajstić information content (AvgIpc) is 3.19. The molecule has 1 N–H and O–H groups in total. The number of hydrogen-bond acceptors (Lipinski definition) is 5. The monoisotopic (exact) mass is 463 g/mol. The number of aromatic nitrogens is 2. The number of allylic oxidation sites excluding steroid dienone is 1. The van der Waals surface area contributed by atoms with Crippen LogP contribution in [0, 0.1) is 11.6 Å². The van der Waals surface area contributed by atoms with E-state index in [1.165, 1.54) is 29.7 Å². The Morgan fingerprint density at radius 2 is 1.97 bits per heavy atom. The molecule has 0 aliphatic carbocycles. The standard InChI is InChI=1S/C25H19F2N3O2S/c1-13(2)21-22-23(18(12-28-30-22)14-9-15(26)11-16(27)10-14)33-24(21)25(31)29-19-7-8-32-20-6-4-3-5-17(19)20/h3-6,9-12,19H,1,7-8H2,2H3,(H,29,31)/t19-/m0/s1.